The Labute approximate surface area is 219 Å². The molecule has 6 aromatic rings. The van der Waals surface area contributed by atoms with Crippen LogP contribution in [-0.4, -0.2) is 23.1 Å². The van der Waals surface area contributed by atoms with Crippen molar-refractivity contribution < 1.29 is 20.2 Å². The first kappa shape index (κ1) is 24.2. The summed E-state index contributed by atoms with van der Waals surface area (Å²) in [6.45, 7) is 0. The average molecular weight is 467 g/mol. The van der Waals surface area contributed by atoms with Gasteiger partial charge in [-0.2, -0.15) is 0 Å². The number of pyridine rings is 2. The Bertz CT molecular complexity index is 1450. The number of H-pyrrole nitrogens is 2. The largest absolute Gasteiger partial charge is 2.00 e. The van der Waals surface area contributed by atoms with Gasteiger partial charge in [-0.1, -0.05) is 84.9 Å². The molecule has 0 saturated carbocycles. The van der Waals surface area contributed by atoms with Crippen molar-refractivity contribution in [3.05, 3.63) is 122 Å². The molecule has 0 saturated heterocycles. The Kier molecular flexibility index (Phi) is 7.60. The molecule has 2 aromatic heterocycles. The van der Waals surface area contributed by atoms with Crippen LogP contribution >= 0.6 is 0 Å². The molecule has 0 aliphatic carbocycles. The van der Waals surface area contributed by atoms with Gasteiger partial charge in [-0.3, -0.25) is 0 Å². The molecule has 4 nitrogen and oxygen atoms in total. The molecule has 5 heteroatoms. The van der Waals surface area contributed by atoms with Crippen molar-refractivity contribution in [3.8, 4) is 33.8 Å². The predicted octanol–water partition coefficient (Wildman–Crippen LogP) is 4.41. The molecule has 4 aromatic carbocycles. The Morgan fingerprint density at radius 1 is 0.429 bits per heavy atom. The first-order chi connectivity index (χ1) is 16.7. The summed E-state index contributed by atoms with van der Waals surface area (Å²) in [4.78, 5) is 6.03. The van der Waals surface area contributed by atoms with E-state index in [0.29, 0.717) is 11.0 Å². The predicted molar refractivity (Wildman–Crippen MR) is 137 cm³/mol. The van der Waals surface area contributed by atoms with E-state index in [1.165, 1.54) is 0 Å². The van der Waals surface area contributed by atoms with Crippen LogP contribution in [0.1, 0.15) is 0 Å². The summed E-state index contributed by atoms with van der Waals surface area (Å²) in [6, 6.07) is 34.9. The van der Waals surface area contributed by atoms with Crippen LogP contribution in [0.3, 0.4) is 0 Å². The third-order valence-electron chi connectivity index (χ3n) is 5.76. The number of hydrogen-bond donors (Lipinski definition) is 0. The molecule has 6 rings (SSSR count). The molecule has 0 fully saturated rings. The molecule has 0 amide bonds. The van der Waals surface area contributed by atoms with Gasteiger partial charge in [0.15, 0.2) is 12.4 Å². The maximum atomic E-state index is 11.7. The molecule has 0 radical (unpaired) electrons. The van der Waals surface area contributed by atoms with Crippen LogP contribution in [0.4, 0.5) is 0 Å². The van der Waals surface area contributed by atoms with Crippen molar-refractivity contribution in [1.29, 1.82) is 0 Å². The normalized spacial score (nSPS) is 10.3. The Hall–Kier alpha value is -3.93. The molecule has 0 bridgehead atoms. The van der Waals surface area contributed by atoms with E-state index in [-0.39, 0.29) is 34.6 Å². The monoisotopic (exact) mass is 466 g/mol. The molecule has 0 aliphatic rings. The summed E-state index contributed by atoms with van der Waals surface area (Å²) in [5, 5.41) is 25.4. The van der Waals surface area contributed by atoms with Gasteiger partial charge in [-0.05, 0) is 45.9 Å². The first-order valence-corrected chi connectivity index (χ1v) is 11.0. The number of fused-ring (bicyclic) bond motifs is 2. The second-order valence-corrected chi connectivity index (χ2v) is 7.87. The summed E-state index contributed by atoms with van der Waals surface area (Å²) >= 11 is 0. The van der Waals surface area contributed by atoms with Gasteiger partial charge in [0.05, 0.1) is 10.8 Å². The molecule has 35 heavy (non-hydrogen) atoms. The van der Waals surface area contributed by atoms with Crippen molar-refractivity contribution in [2.24, 2.45) is 0 Å². The quantitative estimate of drug-likeness (QED) is 0.355. The number of benzene rings is 4. The van der Waals surface area contributed by atoms with E-state index >= 15 is 0 Å². The summed E-state index contributed by atoms with van der Waals surface area (Å²) in [7, 11) is 0. The van der Waals surface area contributed by atoms with Crippen LogP contribution in [0.15, 0.2) is 122 Å². The molecule has 164 valence electrons. The molecule has 2 N–H and O–H groups in total. The molecule has 0 spiro atoms. The number of nitrogens with one attached hydrogen (secondary N) is 2. The maximum Gasteiger partial charge on any atom is 2.00 e. The van der Waals surface area contributed by atoms with E-state index in [2.05, 4.69) is 9.97 Å². The van der Waals surface area contributed by atoms with E-state index in [1.807, 2.05) is 97.1 Å². The Morgan fingerprint density at radius 2 is 0.829 bits per heavy atom. The smallest absolute Gasteiger partial charge is 0.868 e. The van der Waals surface area contributed by atoms with Crippen LogP contribution < -0.4 is 20.2 Å². The second kappa shape index (κ2) is 11.0. The van der Waals surface area contributed by atoms with Gasteiger partial charge >= 0.3 is 23.1 Å². The van der Waals surface area contributed by atoms with E-state index in [1.54, 1.807) is 24.5 Å². The topological polar surface area (TPSA) is 74.4 Å². The Morgan fingerprint density at radius 3 is 1.23 bits per heavy atom. The standard InChI is InChI=1S/2C15H11NO.Mg/c2*17-14-9-8-12(11-5-2-1-3-6-11)13-7-4-10-16-15(13)14;/h2*1-10,17H;/q;;+2. The summed E-state index contributed by atoms with van der Waals surface area (Å²) in [5.74, 6) is 0.0561. The fraction of sp³-hybridized carbons (Fsp3) is 0. The van der Waals surface area contributed by atoms with Crippen LogP contribution in [-0.2, 0) is 0 Å². The van der Waals surface area contributed by atoms with E-state index in [4.69, 9.17) is 0 Å². The van der Waals surface area contributed by atoms with E-state index < -0.39 is 0 Å². The first-order valence-electron chi connectivity index (χ1n) is 11.0. The van der Waals surface area contributed by atoms with Crippen LogP contribution in [0, 0.1) is 0 Å². The van der Waals surface area contributed by atoms with Crippen molar-refractivity contribution in [2.45, 2.75) is 0 Å². The zero-order valence-electron chi connectivity index (χ0n) is 19.1. The summed E-state index contributed by atoms with van der Waals surface area (Å²) < 4.78 is 0. The third-order valence-corrected chi connectivity index (χ3v) is 5.76. The number of aromatic nitrogens is 2. The van der Waals surface area contributed by atoms with Gasteiger partial charge in [0.25, 0.3) is 0 Å². The van der Waals surface area contributed by atoms with Crippen molar-refractivity contribution in [2.75, 3.05) is 0 Å². The van der Waals surface area contributed by atoms with Crippen molar-refractivity contribution >= 4 is 44.9 Å². The fourth-order valence-corrected chi connectivity index (χ4v) is 4.13. The minimum atomic E-state index is 0. The fourth-order valence-electron chi connectivity index (χ4n) is 4.13. The van der Waals surface area contributed by atoms with Crippen LogP contribution in [0.5, 0.6) is 11.5 Å². The SMILES string of the molecule is [Mg+2].[O-]c1ccc(-c2ccccc2)c2ccc[nH+]c12.[O-]c1ccc(-c2ccccc2)c2ccc[nH+]c12. The minimum Gasteiger partial charge on any atom is -0.868 e. The van der Waals surface area contributed by atoms with E-state index in [9.17, 15) is 10.2 Å². The average Bonchev–Trinajstić information content (AvgIpc) is 2.91. The Balaban J connectivity index is 0.000000160. The number of rotatable bonds is 2. The molecule has 2 heterocycles. The summed E-state index contributed by atoms with van der Waals surface area (Å²) in [6.07, 6.45) is 3.55. The molecular formula is C30H22MgN2O2+2. The number of aromatic amines is 2. The van der Waals surface area contributed by atoms with Crippen LogP contribution in [0.25, 0.3) is 44.1 Å². The van der Waals surface area contributed by atoms with Crippen LogP contribution in [0.2, 0.25) is 0 Å². The van der Waals surface area contributed by atoms with Gasteiger partial charge in [-0.15, -0.1) is 0 Å². The van der Waals surface area contributed by atoms with E-state index in [0.717, 1.165) is 33.0 Å². The van der Waals surface area contributed by atoms with Crippen molar-refractivity contribution in [3.63, 3.8) is 0 Å². The van der Waals surface area contributed by atoms with Crippen molar-refractivity contribution in [1.82, 2.24) is 0 Å². The molecular weight excluding hydrogens is 445 g/mol. The van der Waals surface area contributed by atoms with Gasteiger partial charge in [0, 0.05) is 12.1 Å². The maximum absolute atomic E-state index is 11.7. The number of hydrogen-bond acceptors (Lipinski definition) is 2. The zero-order valence-corrected chi connectivity index (χ0v) is 20.5. The minimum absolute atomic E-state index is 0. The summed E-state index contributed by atoms with van der Waals surface area (Å²) in [5.41, 5.74) is 5.73. The van der Waals surface area contributed by atoms with Gasteiger partial charge in [-0.25, -0.2) is 9.97 Å². The second-order valence-electron chi connectivity index (χ2n) is 7.87. The molecule has 0 unspecified atom stereocenters. The van der Waals surface area contributed by atoms with Gasteiger partial charge in [0.2, 0.25) is 11.0 Å². The van der Waals surface area contributed by atoms with Gasteiger partial charge < -0.3 is 10.2 Å². The van der Waals surface area contributed by atoms with Gasteiger partial charge in [0.1, 0.15) is 0 Å². The third kappa shape index (κ3) is 5.11. The molecule has 0 aliphatic heterocycles. The zero-order chi connectivity index (χ0) is 23.3. The molecule has 0 atom stereocenters.